The molecule has 9 heteroatoms. The highest BCUT2D eigenvalue weighted by atomic mass is 31.2. The minimum atomic E-state index is -4.64. The van der Waals surface area contributed by atoms with E-state index in [9.17, 15) is 4.79 Å². The SMILES string of the molecule is C[C@@H](O)[C@@H](O)C[C@@H](O)C=O.O=P(O)(O)O. The smallest absolute Gasteiger partial charge is 0.391 e. The Morgan fingerprint density at radius 3 is 1.73 bits per heavy atom. The lowest BCUT2D eigenvalue weighted by Crippen LogP contribution is -2.28. The molecule has 92 valence electrons. The predicted molar refractivity (Wildman–Crippen MR) is 48.6 cm³/mol. The van der Waals surface area contributed by atoms with Crippen LogP contribution in [-0.2, 0) is 9.36 Å². The lowest BCUT2D eigenvalue weighted by atomic mass is 10.1. The Kier molecular flexibility index (Phi) is 8.98. The van der Waals surface area contributed by atoms with Crippen molar-refractivity contribution in [1.82, 2.24) is 0 Å². The van der Waals surface area contributed by atoms with Crippen molar-refractivity contribution < 1.29 is 39.4 Å². The molecule has 0 fully saturated rings. The highest BCUT2D eigenvalue weighted by molar-refractivity contribution is 7.45. The maximum absolute atomic E-state index is 9.82. The molecule has 3 atom stereocenters. The van der Waals surface area contributed by atoms with E-state index < -0.39 is 26.1 Å². The van der Waals surface area contributed by atoms with Gasteiger partial charge in [0.25, 0.3) is 0 Å². The third kappa shape index (κ3) is 19.9. The van der Waals surface area contributed by atoms with Crippen LogP contribution in [0.15, 0.2) is 0 Å². The molecule has 6 N–H and O–H groups in total. The Bertz CT molecular complexity index is 203. The molecule has 0 radical (unpaired) electrons. The summed E-state index contributed by atoms with van der Waals surface area (Å²) in [6.45, 7) is 1.39. The van der Waals surface area contributed by atoms with E-state index in [1.807, 2.05) is 0 Å². The molecule has 15 heavy (non-hydrogen) atoms. The van der Waals surface area contributed by atoms with E-state index in [0.29, 0.717) is 6.29 Å². The van der Waals surface area contributed by atoms with Gasteiger partial charge in [-0.2, -0.15) is 0 Å². The first kappa shape index (κ1) is 17.1. The molecule has 0 bridgehead atoms. The van der Waals surface area contributed by atoms with Gasteiger partial charge in [0.2, 0.25) is 0 Å². The van der Waals surface area contributed by atoms with Crippen LogP contribution in [0.2, 0.25) is 0 Å². The number of aliphatic hydroxyl groups excluding tert-OH is 3. The van der Waals surface area contributed by atoms with Gasteiger partial charge < -0.3 is 34.8 Å². The van der Waals surface area contributed by atoms with Gasteiger partial charge in [-0.05, 0) is 6.92 Å². The second-order valence-corrected chi connectivity index (χ2v) is 3.79. The van der Waals surface area contributed by atoms with Crippen LogP contribution >= 0.6 is 7.82 Å². The molecule has 0 aromatic carbocycles. The molecular weight excluding hydrogens is 231 g/mol. The van der Waals surface area contributed by atoms with Gasteiger partial charge in [0, 0.05) is 6.42 Å². The standard InChI is InChI=1S/C6H12O4.H3O4P/c1-4(8)6(10)2-5(9)3-7;1-5(2,3)4/h3-6,8-10H,2H2,1H3;(H3,1,2,3,4)/t4-,5-,6+;/m1./s1. The summed E-state index contributed by atoms with van der Waals surface area (Å²) in [5.41, 5.74) is 0. The molecule has 8 nitrogen and oxygen atoms in total. The highest BCUT2D eigenvalue weighted by Crippen LogP contribution is 2.25. The number of carbonyl (C=O) groups excluding carboxylic acids is 1. The minimum absolute atomic E-state index is 0.110. The van der Waals surface area contributed by atoms with Gasteiger partial charge in [-0.15, -0.1) is 0 Å². The summed E-state index contributed by atoms with van der Waals surface area (Å²) in [4.78, 5) is 31.4. The first-order chi connectivity index (χ1) is 6.57. The number of hydrogen-bond acceptors (Lipinski definition) is 5. The lowest BCUT2D eigenvalue weighted by molar-refractivity contribution is -0.117. The Morgan fingerprint density at radius 1 is 1.20 bits per heavy atom. The molecule has 0 rings (SSSR count). The number of carbonyl (C=O) groups is 1. The molecule has 0 aromatic heterocycles. The van der Waals surface area contributed by atoms with Crippen molar-refractivity contribution >= 4 is 14.1 Å². The molecule has 0 aliphatic rings. The summed E-state index contributed by atoms with van der Waals surface area (Å²) >= 11 is 0. The summed E-state index contributed by atoms with van der Waals surface area (Å²) in [6, 6.07) is 0. The Labute approximate surface area is 86.0 Å². The first-order valence-electron chi connectivity index (χ1n) is 3.85. The van der Waals surface area contributed by atoms with Crippen LogP contribution in [0.25, 0.3) is 0 Å². The van der Waals surface area contributed by atoms with Gasteiger partial charge in [-0.25, -0.2) is 4.57 Å². The fraction of sp³-hybridized carbons (Fsp3) is 0.833. The zero-order valence-corrected chi connectivity index (χ0v) is 8.86. The zero-order valence-electron chi connectivity index (χ0n) is 7.96. The quantitative estimate of drug-likeness (QED) is 0.240. The highest BCUT2D eigenvalue weighted by Gasteiger charge is 2.14. The molecule has 0 aliphatic heterocycles. The van der Waals surface area contributed by atoms with Crippen molar-refractivity contribution in [2.75, 3.05) is 0 Å². The van der Waals surface area contributed by atoms with E-state index in [0.717, 1.165) is 0 Å². The Morgan fingerprint density at radius 2 is 1.53 bits per heavy atom. The Hall–Kier alpha value is -0.340. The molecule has 0 aromatic rings. The van der Waals surface area contributed by atoms with E-state index in [4.69, 9.17) is 34.6 Å². The summed E-state index contributed by atoms with van der Waals surface area (Å²) in [5, 5.41) is 26.2. The van der Waals surface area contributed by atoms with E-state index in [1.165, 1.54) is 6.92 Å². The second kappa shape index (κ2) is 7.89. The summed E-state index contributed by atoms with van der Waals surface area (Å²) in [7, 11) is -4.64. The molecule has 0 saturated heterocycles. The average Bonchev–Trinajstić information content (AvgIpc) is 2.00. The van der Waals surface area contributed by atoms with Crippen LogP contribution in [0.1, 0.15) is 13.3 Å². The van der Waals surface area contributed by atoms with Crippen molar-refractivity contribution in [1.29, 1.82) is 0 Å². The third-order valence-electron chi connectivity index (χ3n) is 1.20. The zero-order chi connectivity index (χ0) is 12.6. The molecule has 0 spiro atoms. The van der Waals surface area contributed by atoms with Gasteiger partial charge >= 0.3 is 7.82 Å². The van der Waals surface area contributed by atoms with E-state index >= 15 is 0 Å². The number of phosphoric acid groups is 1. The first-order valence-corrected chi connectivity index (χ1v) is 5.42. The fourth-order valence-electron chi connectivity index (χ4n) is 0.500. The summed E-state index contributed by atoms with van der Waals surface area (Å²) < 4.78 is 8.88. The number of aldehydes is 1. The minimum Gasteiger partial charge on any atom is -0.391 e. The monoisotopic (exact) mass is 246 g/mol. The lowest BCUT2D eigenvalue weighted by Gasteiger charge is -2.13. The van der Waals surface area contributed by atoms with Crippen molar-refractivity contribution in [3.05, 3.63) is 0 Å². The van der Waals surface area contributed by atoms with Gasteiger partial charge in [0.1, 0.15) is 12.4 Å². The molecule has 0 unspecified atom stereocenters. The van der Waals surface area contributed by atoms with Crippen LogP contribution in [0.4, 0.5) is 0 Å². The topological polar surface area (TPSA) is 156 Å². The Balaban J connectivity index is 0. The molecule has 0 heterocycles. The van der Waals surface area contributed by atoms with Crippen molar-refractivity contribution in [2.45, 2.75) is 31.7 Å². The van der Waals surface area contributed by atoms with Crippen molar-refractivity contribution in [3.8, 4) is 0 Å². The largest absolute Gasteiger partial charge is 0.466 e. The van der Waals surface area contributed by atoms with Crippen LogP contribution < -0.4 is 0 Å². The summed E-state index contributed by atoms with van der Waals surface area (Å²) in [5.74, 6) is 0. The maximum Gasteiger partial charge on any atom is 0.466 e. The van der Waals surface area contributed by atoms with Gasteiger partial charge in [0.05, 0.1) is 12.2 Å². The van der Waals surface area contributed by atoms with Crippen LogP contribution in [0.3, 0.4) is 0 Å². The normalized spacial score (nSPS) is 17.0. The third-order valence-corrected chi connectivity index (χ3v) is 1.20. The van der Waals surface area contributed by atoms with E-state index in [2.05, 4.69) is 0 Å². The van der Waals surface area contributed by atoms with Gasteiger partial charge in [0.15, 0.2) is 0 Å². The van der Waals surface area contributed by atoms with E-state index in [1.54, 1.807) is 0 Å². The number of hydrogen-bond donors (Lipinski definition) is 6. The van der Waals surface area contributed by atoms with Crippen molar-refractivity contribution in [3.63, 3.8) is 0 Å². The average molecular weight is 246 g/mol. The fourth-order valence-corrected chi connectivity index (χ4v) is 0.500. The van der Waals surface area contributed by atoms with Crippen LogP contribution in [0, 0.1) is 0 Å². The van der Waals surface area contributed by atoms with Gasteiger partial charge in [-0.3, -0.25) is 0 Å². The number of rotatable bonds is 4. The van der Waals surface area contributed by atoms with Crippen LogP contribution in [0.5, 0.6) is 0 Å². The molecule has 0 saturated carbocycles. The summed E-state index contributed by atoms with van der Waals surface area (Å²) in [6.07, 6.45) is -2.90. The van der Waals surface area contributed by atoms with Crippen molar-refractivity contribution in [2.24, 2.45) is 0 Å². The molecular formula is C6H15O8P. The van der Waals surface area contributed by atoms with Gasteiger partial charge in [-0.1, -0.05) is 0 Å². The maximum atomic E-state index is 9.82. The van der Waals surface area contributed by atoms with Crippen LogP contribution in [-0.4, -0.2) is 54.6 Å². The molecule has 0 aliphatic carbocycles. The number of aliphatic hydroxyl groups is 3. The second-order valence-electron chi connectivity index (χ2n) is 2.76. The van der Waals surface area contributed by atoms with E-state index in [-0.39, 0.29) is 6.42 Å². The molecule has 0 amide bonds. The predicted octanol–water partition coefficient (Wildman–Crippen LogP) is -2.25.